The quantitative estimate of drug-likeness (QED) is 0.0442. The first kappa shape index (κ1) is 39.1. The van der Waals surface area contributed by atoms with E-state index in [0.717, 1.165) is 38.5 Å². The Morgan fingerprint density at radius 3 is 1.43 bits per heavy atom. The number of carbonyl (C=O) groups is 1. The number of aliphatic hydroxyl groups is 1. The van der Waals surface area contributed by atoms with Crippen molar-refractivity contribution in [2.24, 2.45) is 0 Å². The van der Waals surface area contributed by atoms with Crippen molar-refractivity contribution in [2.45, 2.75) is 187 Å². The first-order valence-corrected chi connectivity index (χ1v) is 18.5. The van der Waals surface area contributed by atoms with Crippen LogP contribution in [-0.4, -0.2) is 41.9 Å². The van der Waals surface area contributed by atoms with Crippen molar-refractivity contribution in [3.63, 3.8) is 0 Å². The van der Waals surface area contributed by atoms with Crippen molar-refractivity contribution in [3.05, 3.63) is 12.2 Å². The van der Waals surface area contributed by atoms with E-state index in [1.54, 1.807) is 6.08 Å². The Labute approximate surface area is 248 Å². The summed E-state index contributed by atoms with van der Waals surface area (Å²) < 4.78 is 32.2. The average molecular weight is 588 g/mol. The van der Waals surface area contributed by atoms with E-state index >= 15 is 0 Å². The molecule has 3 N–H and O–H groups in total. The average Bonchev–Trinajstić information content (AvgIpc) is 2.90. The second-order valence-electron chi connectivity index (χ2n) is 11.8. The molecule has 0 aliphatic carbocycles. The third kappa shape index (κ3) is 28.6. The van der Waals surface area contributed by atoms with Crippen LogP contribution >= 0.6 is 0 Å². The highest BCUT2D eigenvalue weighted by Gasteiger charge is 2.24. The van der Waals surface area contributed by atoms with Gasteiger partial charge in [0.2, 0.25) is 5.91 Å². The number of nitrogens with one attached hydrogen (secondary N) is 1. The Balaban J connectivity index is 3.94. The highest BCUT2D eigenvalue weighted by Crippen LogP contribution is 2.14. The maximum Gasteiger partial charge on any atom is 0.267 e. The van der Waals surface area contributed by atoms with Crippen LogP contribution in [0.1, 0.15) is 174 Å². The van der Waals surface area contributed by atoms with Crippen LogP contribution in [0.2, 0.25) is 0 Å². The Hall–Kier alpha value is -0.920. The summed E-state index contributed by atoms with van der Waals surface area (Å²) in [6.07, 6.45) is 32.0. The zero-order chi connectivity index (χ0) is 29.7. The maximum atomic E-state index is 12.4. The molecule has 0 fully saturated rings. The molecule has 0 aliphatic heterocycles. The zero-order valence-electron chi connectivity index (χ0n) is 26.2. The third-order valence-corrected chi connectivity index (χ3v) is 8.49. The molecule has 2 unspecified atom stereocenters. The highest BCUT2D eigenvalue weighted by atomic mass is 32.2. The molecule has 2 atom stereocenters. The first-order valence-electron chi connectivity index (χ1n) is 16.9. The van der Waals surface area contributed by atoms with Crippen LogP contribution < -0.4 is 5.32 Å². The second kappa shape index (κ2) is 28.2. The van der Waals surface area contributed by atoms with Gasteiger partial charge in [0.15, 0.2) is 0 Å². The van der Waals surface area contributed by atoms with E-state index in [-0.39, 0.29) is 5.91 Å². The third-order valence-electron chi connectivity index (χ3n) is 7.71. The molecule has 0 aliphatic rings. The Bertz CT molecular complexity index is 695. The van der Waals surface area contributed by atoms with Gasteiger partial charge in [0.1, 0.15) is 0 Å². The fraction of sp³-hybridized carbons (Fsp3) is 0.909. The van der Waals surface area contributed by atoms with Gasteiger partial charge in [-0.2, -0.15) is 8.42 Å². The van der Waals surface area contributed by atoms with Crippen molar-refractivity contribution in [2.75, 3.05) is 5.75 Å². The lowest BCUT2D eigenvalue weighted by atomic mass is 10.0. The van der Waals surface area contributed by atoms with Crippen LogP contribution in [0.25, 0.3) is 0 Å². The number of hydrogen-bond donors (Lipinski definition) is 3. The maximum absolute atomic E-state index is 12.4. The molecule has 0 saturated heterocycles. The highest BCUT2D eigenvalue weighted by molar-refractivity contribution is 7.85. The molecule has 6 nitrogen and oxygen atoms in total. The van der Waals surface area contributed by atoms with E-state index in [0.29, 0.717) is 6.42 Å². The van der Waals surface area contributed by atoms with Gasteiger partial charge in [-0.1, -0.05) is 161 Å². The summed E-state index contributed by atoms with van der Waals surface area (Å²) >= 11 is 0. The van der Waals surface area contributed by atoms with E-state index in [2.05, 4.69) is 19.2 Å². The summed E-state index contributed by atoms with van der Waals surface area (Å²) in [5, 5.41) is 13.1. The molecule has 238 valence electrons. The van der Waals surface area contributed by atoms with Crippen LogP contribution in [0.3, 0.4) is 0 Å². The van der Waals surface area contributed by atoms with Gasteiger partial charge >= 0.3 is 0 Å². The molecule has 0 aromatic heterocycles. The monoisotopic (exact) mass is 587 g/mol. The number of amides is 1. The predicted molar refractivity (Wildman–Crippen MR) is 170 cm³/mol. The Morgan fingerprint density at radius 1 is 0.650 bits per heavy atom. The van der Waals surface area contributed by atoms with E-state index in [4.69, 9.17) is 0 Å². The summed E-state index contributed by atoms with van der Waals surface area (Å²) in [7, 11) is -4.32. The largest absolute Gasteiger partial charge is 0.387 e. The first-order chi connectivity index (χ1) is 19.3. The number of aliphatic hydroxyl groups excluding tert-OH is 1. The van der Waals surface area contributed by atoms with Crippen LogP contribution in [0.4, 0.5) is 0 Å². The van der Waals surface area contributed by atoms with Gasteiger partial charge < -0.3 is 10.4 Å². The van der Waals surface area contributed by atoms with E-state index in [1.165, 1.54) is 116 Å². The van der Waals surface area contributed by atoms with Gasteiger partial charge in [-0.3, -0.25) is 9.35 Å². The number of carbonyl (C=O) groups excluding carboxylic acids is 1. The van der Waals surface area contributed by atoms with Gasteiger partial charge in [0, 0.05) is 6.42 Å². The molecule has 0 rings (SSSR count). The van der Waals surface area contributed by atoms with Crippen molar-refractivity contribution < 1.29 is 22.9 Å². The SMILES string of the molecule is CCCCCCCCC/C=C/C(O)C(CS(=O)(=O)O)NC(=O)CCCCCCCCCCCCCCCCCC. The van der Waals surface area contributed by atoms with Crippen molar-refractivity contribution in [1.82, 2.24) is 5.32 Å². The van der Waals surface area contributed by atoms with Gasteiger partial charge in [-0.05, 0) is 19.3 Å². The fourth-order valence-electron chi connectivity index (χ4n) is 5.15. The minimum absolute atomic E-state index is 0.279. The standard InChI is InChI=1S/C33H65NO5S/c1-3-5-7-9-11-13-14-15-16-17-18-19-21-23-25-27-29-33(36)34-31(30-40(37,38)39)32(35)28-26-24-22-20-12-10-8-6-4-2/h26,28,31-32,35H,3-25,27,29-30H2,1-2H3,(H,34,36)(H,37,38,39)/b28-26+. The number of allylic oxidation sites excluding steroid dienone is 1. The molecule has 0 heterocycles. The van der Waals surface area contributed by atoms with Crippen LogP contribution in [0.15, 0.2) is 12.2 Å². The summed E-state index contributed by atoms with van der Waals surface area (Å²) in [6, 6.07) is -1.05. The van der Waals surface area contributed by atoms with Crippen molar-refractivity contribution in [3.8, 4) is 0 Å². The Kier molecular flexibility index (Phi) is 27.6. The van der Waals surface area contributed by atoms with Crippen molar-refractivity contribution in [1.29, 1.82) is 0 Å². The predicted octanol–water partition coefficient (Wildman–Crippen LogP) is 9.07. The molecule has 0 radical (unpaired) electrons. The van der Waals surface area contributed by atoms with Gasteiger partial charge in [-0.25, -0.2) is 0 Å². The van der Waals surface area contributed by atoms with E-state index < -0.39 is 28.0 Å². The lowest BCUT2D eigenvalue weighted by Crippen LogP contribution is -2.46. The van der Waals surface area contributed by atoms with Crippen molar-refractivity contribution >= 4 is 16.0 Å². The smallest absolute Gasteiger partial charge is 0.267 e. The normalized spacial score (nSPS) is 13.6. The molecule has 0 spiro atoms. The van der Waals surface area contributed by atoms with Crippen LogP contribution in [-0.2, 0) is 14.9 Å². The molecular weight excluding hydrogens is 522 g/mol. The summed E-state index contributed by atoms with van der Waals surface area (Å²) in [4.78, 5) is 12.4. The number of rotatable bonds is 30. The molecule has 0 aromatic carbocycles. The minimum Gasteiger partial charge on any atom is -0.387 e. The lowest BCUT2D eigenvalue weighted by Gasteiger charge is -2.21. The number of hydrogen-bond acceptors (Lipinski definition) is 4. The minimum atomic E-state index is -4.32. The molecule has 0 aromatic rings. The molecule has 1 amide bonds. The zero-order valence-corrected chi connectivity index (χ0v) is 27.0. The molecule has 0 saturated carbocycles. The molecule has 0 bridgehead atoms. The van der Waals surface area contributed by atoms with E-state index in [9.17, 15) is 22.9 Å². The van der Waals surface area contributed by atoms with Crippen LogP contribution in [0.5, 0.6) is 0 Å². The van der Waals surface area contributed by atoms with Gasteiger partial charge in [0.25, 0.3) is 10.1 Å². The molecule has 40 heavy (non-hydrogen) atoms. The van der Waals surface area contributed by atoms with E-state index in [1.807, 2.05) is 6.08 Å². The molecule has 7 heteroatoms. The second-order valence-corrected chi connectivity index (χ2v) is 13.3. The molecular formula is C33H65NO5S. The van der Waals surface area contributed by atoms with Gasteiger partial charge in [0.05, 0.1) is 17.9 Å². The number of unbranched alkanes of at least 4 members (excludes halogenated alkanes) is 22. The summed E-state index contributed by atoms with van der Waals surface area (Å²) in [6.45, 7) is 4.47. The Morgan fingerprint density at radius 2 is 1.02 bits per heavy atom. The summed E-state index contributed by atoms with van der Waals surface area (Å²) in [5.41, 5.74) is 0. The topological polar surface area (TPSA) is 104 Å². The van der Waals surface area contributed by atoms with Gasteiger partial charge in [-0.15, -0.1) is 0 Å². The lowest BCUT2D eigenvalue weighted by molar-refractivity contribution is -0.122. The summed E-state index contributed by atoms with van der Waals surface area (Å²) in [5.74, 6) is -0.973. The van der Waals surface area contributed by atoms with Crippen LogP contribution in [0, 0.1) is 0 Å². The fourth-order valence-corrected chi connectivity index (χ4v) is 5.89.